The van der Waals surface area contributed by atoms with Crippen LogP contribution in [0.4, 0.5) is 0 Å². The minimum atomic E-state index is -0.532. The minimum absolute atomic E-state index is 0.173. The van der Waals surface area contributed by atoms with Crippen LogP contribution in [0.15, 0.2) is 4.47 Å². The van der Waals surface area contributed by atoms with Gasteiger partial charge in [0.05, 0.1) is 22.3 Å². The van der Waals surface area contributed by atoms with E-state index >= 15 is 0 Å². The molecule has 100 valence electrons. The van der Waals surface area contributed by atoms with Crippen molar-refractivity contribution in [3.8, 4) is 0 Å². The summed E-state index contributed by atoms with van der Waals surface area (Å²) >= 11 is 3.52. The van der Waals surface area contributed by atoms with E-state index in [1.54, 1.807) is 7.11 Å². The molecule has 0 atom stereocenters. The van der Waals surface area contributed by atoms with Gasteiger partial charge in [-0.25, -0.2) is 0 Å². The standard InChI is InChI=1S/C13H19BrN2O2/c1-4-16-10(12(14)9(2)15-16)8-11(17)13(18-3)6-5-7-13/h4-8H2,1-3H3. The van der Waals surface area contributed by atoms with Crippen molar-refractivity contribution < 1.29 is 9.53 Å². The summed E-state index contributed by atoms with van der Waals surface area (Å²) in [4.78, 5) is 12.4. The van der Waals surface area contributed by atoms with Crippen LogP contribution in [-0.4, -0.2) is 28.3 Å². The van der Waals surface area contributed by atoms with Crippen LogP contribution in [0, 0.1) is 6.92 Å². The second-order valence-electron chi connectivity index (χ2n) is 4.81. The van der Waals surface area contributed by atoms with Gasteiger partial charge in [-0.05, 0) is 49.0 Å². The fourth-order valence-corrected chi connectivity index (χ4v) is 2.87. The van der Waals surface area contributed by atoms with Crippen LogP contribution in [0.1, 0.15) is 37.6 Å². The molecule has 1 saturated carbocycles. The fraction of sp³-hybridized carbons (Fsp3) is 0.692. The van der Waals surface area contributed by atoms with Crippen LogP contribution in [0.2, 0.25) is 0 Å². The van der Waals surface area contributed by atoms with Crippen LogP contribution in [0.25, 0.3) is 0 Å². The van der Waals surface area contributed by atoms with E-state index in [9.17, 15) is 4.79 Å². The number of aryl methyl sites for hydroxylation is 2. The number of nitrogens with zero attached hydrogens (tertiary/aromatic N) is 2. The molecule has 0 saturated heterocycles. The number of methoxy groups -OCH3 is 1. The Labute approximate surface area is 116 Å². The molecule has 4 nitrogen and oxygen atoms in total. The largest absolute Gasteiger partial charge is 0.370 e. The SMILES string of the molecule is CCn1nc(C)c(Br)c1CC(=O)C1(OC)CCC1. The summed E-state index contributed by atoms with van der Waals surface area (Å²) in [7, 11) is 1.63. The molecule has 0 aliphatic heterocycles. The Bertz CT molecular complexity index is 458. The summed E-state index contributed by atoms with van der Waals surface area (Å²) in [5.41, 5.74) is 1.36. The number of ketones is 1. The topological polar surface area (TPSA) is 44.1 Å². The molecular formula is C13H19BrN2O2. The van der Waals surface area contributed by atoms with Crippen molar-refractivity contribution in [2.24, 2.45) is 0 Å². The lowest BCUT2D eigenvalue weighted by molar-refractivity contribution is -0.151. The van der Waals surface area contributed by atoms with E-state index < -0.39 is 5.60 Å². The normalized spacial score (nSPS) is 17.6. The van der Waals surface area contributed by atoms with Gasteiger partial charge >= 0.3 is 0 Å². The molecule has 1 heterocycles. The number of halogens is 1. The minimum Gasteiger partial charge on any atom is -0.370 e. The van der Waals surface area contributed by atoms with Gasteiger partial charge in [-0.3, -0.25) is 9.48 Å². The summed E-state index contributed by atoms with van der Waals surface area (Å²) < 4.78 is 8.27. The van der Waals surface area contributed by atoms with Crippen LogP contribution < -0.4 is 0 Å². The Balaban J connectivity index is 2.21. The first-order chi connectivity index (χ1) is 8.54. The van der Waals surface area contributed by atoms with Crippen molar-refractivity contribution in [1.29, 1.82) is 0 Å². The Kier molecular flexibility index (Phi) is 3.92. The summed E-state index contributed by atoms with van der Waals surface area (Å²) in [6.07, 6.45) is 3.16. The van der Waals surface area contributed by atoms with Gasteiger partial charge < -0.3 is 4.74 Å². The number of ether oxygens (including phenoxy) is 1. The first-order valence-corrected chi connectivity index (χ1v) is 7.13. The maximum atomic E-state index is 12.4. The number of hydrogen-bond donors (Lipinski definition) is 0. The number of hydrogen-bond acceptors (Lipinski definition) is 3. The van der Waals surface area contributed by atoms with Gasteiger partial charge in [0.15, 0.2) is 5.78 Å². The summed E-state index contributed by atoms with van der Waals surface area (Å²) in [6.45, 7) is 4.75. The van der Waals surface area contributed by atoms with Crippen LogP contribution >= 0.6 is 15.9 Å². The number of carbonyl (C=O) groups excluding carboxylic acids is 1. The lowest BCUT2D eigenvalue weighted by Gasteiger charge is -2.38. The van der Waals surface area contributed by atoms with Gasteiger partial charge in [0.2, 0.25) is 0 Å². The van der Waals surface area contributed by atoms with Crippen molar-refractivity contribution in [2.45, 2.75) is 51.7 Å². The van der Waals surface area contributed by atoms with E-state index in [1.165, 1.54) is 0 Å². The Morgan fingerprint density at radius 2 is 2.22 bits per heavy atom. The first kappa shape index (κ1) is 13.7. The molecule has 1 aliphatic rings. The lowest BCUT2D eigenvalue weighted by Crippen LogP contribution is -2.48. The quantitative estimate of drug-likeness (QED) is 0.839. The number of Topliss-reactive ketones (excluding diaryl/α,β-unsaturated/α-hetero) is 1. The second-order valence-corrected chi connectivity index (χ2v) is 5.61. The predicted octanol–water partition coefficient (Wildman–Crippen LogP) is 2.65. The molecule has 0 aromatic carbocycles. The average molecular weight is 315 g/mol. The van der Waals surface area contributed by atoms with Gasteiger partial charge in [-0.1, -0.05) is 0 Å². The Morgan fingerprint density at radius 1 is 1.56 bits per heavy atom. The number of rotatable bonds is 5. The molecule has 0 spiro atoms. The summed E-state index contributed by atoms with van der Waals surface area (Å²) in [6, 6.07) is 0. The maximum Gasteiger partial charge on any atom is 0.170 e. The van der Waals surface area contributed by atoms with Crippen LogP contribution in [0.3, 0.4) is 0 Å². The summed E-state index contributed by atoms with van der Waals surface area (Å²) in [5.74, 6) is 0.173. The predicted molar refractivity (Wildman–Crippen MR) is 72.6 cm³/mol. The van der Waals surface area contributed by atoms with Gasteiger partial charge in [0, 0.05) is 13.7 Å². The van der Waals surface area contributed by atoms with E-state index in [2.05, 4.69) is 21.0 Å². The molecule has 0 N–H and O–H groups in total. The molecule has 1 fully saturated rings. The molecule has 18 heavy (non-hydrogen) atoms. The van der Waals surface area contributed by atoms with E-state index in [1.807, 2.05) is 18.5 Å². The van der Waals surface area contributed by atoms with Crippen molar-refractivity contribution in [1.82, 2.24) is 9.78 Å². The van der Waals surface area contributed by atoms with Crippen molar-refractivity contribution in [3.05, 3.63) is 15.9 Å². The van der Waals surface area contributed by atoms with Gasteiger partial charge in [0.1, 0.15) is 5.60 Å². The molecule has 2 rings (SSSR count). The number of carbonyl (C=O) groups is 1. The molecule has 1 aromatic heterocycles. The van der Waals surface area contributed by atoms with Crippen LogP contribution in [-0.2, 0) is 22.5 Å². The Morgan fingerprint density at radius 3 is 2.67 bits per heavy atom. The average Bonchev–Trinajstić information content (AvgIpc) is 2.56. The highest BCUT2D eigenvalue weighted by atomic mass is 79.9. The highest BCUT2D eigenvalue weighted by Gasteiger charge is 2.44. The zero-order valence-corrected chi connectivity index (χ0v) is 12.7. The molecular weight excluding hydrogens is 296 g/mol. The van der Waals surface area contributed by atoms with E-state index in [4.69, 9.17) is 4.74 Å². The van der Waals surface area contributed by atoms with Crippen LogP contribution in [0.5, 0.6) is 0 Å². The van der Waals surface area contributed by atoms with Gasteiger partial charge in [0.25, 0.3) is 0 Å². The number of aromatic nitrogens is 2. The third-order valence-corrected chi connectivity index (χ3v) is 4.87. The van der Waals surface area contributed by atoms with E-state index in [-0.39, 0.29) is 5.78 Å². The smallest absolute Gasteiger partial charge is 0.170 e. The molecule has 1 aromatic rings. The Hall–Kier alpha value is -0.680. The first-order valence-electron chi connectivity index (χ1n) is 6.34. The highest BCUT2D eigenvalue weighted by Crippen LogP contribution is 2.37. The fourth-order valence-electron chi connectivity index (χ4n) is 2.45. The maximum absolute atomic E-state index is 12.4. The molecule has 5 heteroatoms. The van der Waals surface area contributed by atoms with Crippen molar-refractivity contribution in [2.75, 3.05) is 7.11 Å². The third kappa shape index (κ3) is 2.14. The lowest BCUT2D eigenvalue weighted by atomic mass is 9.75. The highest BCUT2D eigenvalue weighted by molar-refractivity contribution is 9.10. The van der Waals surface area contributed by atoms with E-state index in [0.29, 0.717) is 6.42 Å². The van der Waals surface area contributed by atoms with Gasteiger partial charge in [-0.2, -0.15) is 5.10 Å². The van der Waals surface area contributed by atoms with Crippen molar-refractivity contribution >= 4 is 21.7 Å². The van der Waals surface area contributed by atoms with Gasteiger partial charge in [-0.15, -0.1) is 0 Å². The van der Waals surface area contributed by atoms with Crippen molar-refractivity contribution in [3.63, 3.8) is 0 Å². The second kappa shape index (κ2) is 5.13. The summed E-state index contributed by atoms with van der Waals surface area (Å²) in [5, 5.41) is 4.41. The monoisotopic (exact) mass is 314 g/mol. The molecule has 1 aliphatic carbocycles. The third-order valence-electron chi connectivity index (χ3n) is 3.84. The molecule has 0 unspecified atom stereocenters. The molecule has 0 bridgehead atoms. The molecule has 0 radical (unpaired) electrons. The zero-order valence-electron chi connectivity index (χ0n) is 11.1. The van der Waals surface area contributed by atoms with E-state index in [0.717, 1.165) is 41.7 Å². The molecule has 0 amide bonds. The zero-order chi connectivity index (χ0) is 13.3.